The molecule has 2 N–H and O–H groups in total. The lowest BCUT2D eigenvalue weighted by Gasteiger charge is -2.39. The zero-order valence-electron chi connectivity index (χ0n) is 20.0. The molecule has 35 heavy (non-hydrogen) atoms. The monoisotopic (exact) mass is 493 g/mol. The fourth-order valence-electron chi connectivity index (χ4n) is 3.64. The van der Waals surface area contributed by atoms with Crippen LogP contribution in [0.1, 0.15) is 54.1 Å². The third kappa shape index (κ3) is 5.23. The van der Waals surface area contributed by atoms with Crippen molar-refractivity contribution in [1.29, 1.82) is 0 Å². The second-order valence-corrected chi connectivity index (χ2v) is 9.59. The Kier molecular flexibility index (Phi) is 6.95. The number of imidazole rings is 1. The predicted molar refractivity (Wildman–Crippen MR) is 135 cm³/mol. The molecule has 9 nitrogen and oxygen atoms in total. The molecule has 1 fully saturated rings. The number of ketones is 1. The first kappa shape index (κ1) is 24.5. The molecule has 0 radical (unpaired) electrons. The number of nitrogens with zero attached hydrogens (tertiary/aromatic N) is 3. The minimum absolute atomic E-state index is 0.0340. The van der Waals surface area contributed by atoms with E-state index < -0.39 is 17.9 Å². The average molecular weight is 494 g/mol. The van der Waals surface area contributed by atoms with E-state index in [2.05, 4.69) is 20.6 Å². The van der Waals surface area contributed by atoms with Crippen molar-refractivity contribution in [2.24, 2.45) is 0 Å². The molecular weight excluding hydrogens is 466 g/mol. The molecule has 2 aromatic heterocycles. The number of rotatable bonds is 8. The first-order valence-corrected chi connectivity index (χ1v) is 12.1. The third-order valence-electron chi connectivity index (χ3n) is 5.81. The van der Waals surface area contributed by atoms with Gasteiger partial charge in [0.25, 0.3) is 5.91 Å². The first-order valence-electron chi connectivity index (χ1n) is 11.2. The summed E-state index contributed by atoms with van der Waals surface area (Å²) in [5.41, 5.74) is 2.92. The fraction of sp³-hybridized carbons (Fsp3) is 0.320. The zero-order chi connectivity index (χ0) is 25.2. The summed E-state index contributed by atoms with van der Waals surface area (Å²) in [6, 6.07) is 4.77. The number of carbonyl (C=O) groups is 3. The quantitative estimate of drug-likeness (QED) is 0.462. The highest BCUT2D eigenvalue weighted by Crippen LogP contribution is 2.28. The van der Waals surface area contributed by atoms with Crippen LogP contribution in [0.2, 0.25) is 0 Å². The van der Waals surface area contributed by atoms with Crippen molar-refractivity contribution in [2.75, 3.05) is 18.5 Å². The normalized spacial score (nSPS) is 15.4. The zero-order valence-corrected chi connectivity index (χ0v) is 20.8. The summed E-state index contributed by atoms with van der Waals surface area (Å²) < 4.78 is 7.11. The van der Waals surface area contributed by atoms with E-state index in [1.165, 1.54) is 18.3 Å². The van der Waals surface area contributed by atoms with Gasteiger partial charge >= 0.3 is 0 Å². The van der Waals surface area contributed by atoms with Gasteiger partial charge in [-0.05, 0) is 39.3 Å². The molecular formula is C25H27N5O4S. The Bertz CT molecular complexity index is 1300. The van der Waals surface area contributed by atoms with Crippen molar-refractivity contribution in [2.45, 2.75) is 39.3 Å². The number of aromatic nitrogens is 3. The Hall–Kier alpha value is -3.63. The topological polar surface area (TPSA) is 115 Å². The van der Waals surface area contributed by atoms with Crippen LogP contribution in [0.3, 0.4) is 0 Å². The Morgan fingerprint density at radius 1 is 1.29 bits per heavy atom. The molecule has 1 atom stereocenters. The van der Waals surface area contributed by atoms with E-state index in [-0.39, 0.29) is 17.0 Å². The van der Waals surface area contributed by atoms with Crippen LogP contribution in [0.25, 0.3) is 17.3 Å². The molecule has 182 valence electrons. The summed E-state index contributed by atoms with van der Waals surface area (Å²) in [7, 11) is 0. The number of thiazole rings is 1. The maximum atomic E-state index is 12.7. The van der Waals surface area contributed by atoms with Crippen molar-refractivity contribution < 1.29 is 19.1 Å². The molecule has 2 amide bonds. The van der Waals surface area contributed by atoms with Gasteiger partial charge < -0.3 is 19.9 Å². The highest BCUT2D eigenvalue weighted by Gasteiger charge is 2.35. The van der Waals surface area contributed by atoms with Crippen LogP contribution < -0.4 is 10.6 Å². The van der Waals surface area contributed by atoms with Crippen molar-refractivity contribution in [1.82, 2.24) is 19.9 Å². The van der Waals surface area contributed by atoms with Crippen molar-refractivity contribution in [3.05, 3.63) is 59.0 Å². The summed E-state index contributed by atoms with van der Waals surface area (Å²) in [5, 5.41) is 7.62. The van der Waals surface area contributed by atoms with Gasteiger partial charge in [0.15, 0.2) is 10.9 Å². The molecule has 1 aromatic carbocycles. The van der Waals surface area contributed by atoms with Crippen LogP contribution in [-0.2, 0) is 15.1 Å². The molecule has 0 aliphatic carbocycles. The number of Topliss-reactive ketones (excluding diaryl/α,β-unsaturated/α-hetero) is 1. The number of hydrogen-bond acceptors (Lipinski definition) is 7. The van der Waals surface area contributed by atoms with Crippen LogP contribution in [-0.4, -0.2) is 51.4 Å². The minimum atomic E-state index is -0.799. The standard InChI is InChI=1S/C25H27N5O4S/c1-5-6-17-7-8-18(9-19(17)16(3)31)21-11-35-24(28-21)29-22(32)15(2)27-23(33)20-10-30(14-26-20)25(4)12-34-13-25/h5-11,14-15H,12-13H2,1-4H3,(H,27,33)(H,28,29,32)/b6-5-. The Morgan fingerprint density at radius 3 is 2.71 bits per heavy atom. The largest absolute Gasteiger partial charge is 0.376 e. The number of ether oxygens (including phenoxy) is 1. The van der Waals surface area contributed by atoms with E-state index in [9.17, 15) is 14.4 Å². The minimum Gasteiger partial charge on any atom is -0.376 e. The van der Waals surface area contributed by atoms with Gasteiger partial charge in [0.2, 0.25) is 5.91 Å². The second kappa shape index (κ2) is 9.93. The summed E-state index contributed by atoms with van der Waals surface area (Å²) in [5.74, 6) is -0.868. The number of anilines is 1. The smallest absolute Gasteiger partial charge is 0.272 e. The summed E-state index contributed by atoms with van der Waals surface area (Å²) in [6.45, 7) is 8.17. The molecule has 0 spiro atoms. The Balaban J connectivity index is 1.39. The van der Waals surface area contributed by atoms with Gasteiger partial charge in [-0.2, -0.15) is 0 Å². The van der Waals surface area contributed by atoms with Gasteiger partial charge in [0, 0.05) is 22.7 Å². The molecule has 3 aromatic rings. The highest BCUT2D eigenvalue weighted by molar-refractivity contribution is 7.14. The summed E-state index contributed by atoms with van der Waals surface area (Å²) in [4.78, 5) is 45.9. The second-order valence-electron chi connectivity index (χ2n) is 8.74. The van der Waals surface area contributed by atoms with Crippen LogP contribution in [0.15, 0.2) is 42.2 Å². The van der Waals surface area contributed by atoms with Gasteiger partial charge in [0.05, 0.1) is 30.8 Å². The van der Waals surface area contributed by atoms with E-state index >= 15 is 0 Å². The summed E-state index contributed by atoms with van der Waals surface area (Å²) in [6.07, 6.45) is 7.02. The lowest BCUT2D eigenvalue weighted by atomic mass is 9.99. The van der Waals surface area contributed by atoms with Crippen molar-refractivity contribution in [3.63, 3.8) is 0 Å². The highest BCUT2D eigenvalue weighted by atomic mass is 32.1. The van der Waals surface area contributed by atoms with Crippen molar-refractivity contribution in [3.8, 4) is 11.3 Å². The molecule has 0 bridgehead atoms. The number of benzene rings is 1. The lowest BCUT2D eigenvalue weighted by molar-refractivity contribution is -0.117. The maximum absolute atomic E-state index is 12.7. The number of hydrogen-bond donors (Lipinski definition) is 2. The molecule has 4 rings (SSSR count). The molecule has 1 aliphatic heterocycles. The molecule has 0 saturated carbocycles. The maximum Gasteiger partial charge on any atom is 0.272 e. The molecule has 1 aliphatic rings. The van der Waals surface area contributed by atoms with Gasteiger partial charge in [-0.15, -0.1) is 11.3 Å². The molecule has 1 saturated heterocycles. The van der Waals surface area contributed by atoms with Crippen LogP contribution in [0.5, 0.6) is 0 Å². The SMILES string of the molecule is C/C=C\c1ccc(-c2csc(NC(=O)C(C)NC(=O)c3cn(C4(C)COC4)cn3)n2)cc1C(C)=O. The molecule has 10 heteroatoms. The third-order valence-corrected chi connectivity index (χ3v) is 6.57. The van der Waals surface area contributed by atoms with Crippen LogP contribution in [0.4, 0.5) is 5.13 Å². The van der Waals surface area contributed by atoms with Crippen LogP contribution >= 0.6 is 11.3 Å². The van der Waals surface area contributed by atoms with Crippen LogP contribution in [0, 0.1) is 0 Å². The first-order chi connectivity index (χ1) is 16.7. The lowest BCUT2D eigenvalue weighted by Crippen LogP contribution is -2.48. The van der Waals surface area contributed by atoms with Crippen molar-refractivity contribution >= 4 is 40.1 Å². The number of amides is 2. The number of carbonyl (C=O) groups excluding carboxylic acids is 3. The fourth-order valence-corrected chi connectivity index (χ4v) is 4.36. The van der Waals surface area contributed by atoms with E-state index in [0.29, 0.717) is 29.6 Å². The molecule has 3 heterocycles. The van der Waals surface area contributed by atoms with Gasteiger partial charge in [-0.1, -0.05) is 24.3 Å². The van der Waals surface area contributed by atoms with Gasteiger partial charge in [-0.3, -0.25) is 14.4 Å². The van der Waals surface area contributed by atoms with Gasteiger partial charge in [0.1, 0.15) is 11.7 Å². The summed E-state index contributed by atoms with van der Waals surface area (Å²) >= 11 is 1.27. The predicted octanol–water partition coefficient (Wildman–Crippen LogP) is 3.74. The molecule has 1 unspecified atom stereocenters. The average Bonchev–Trinajstić information content (AvgIpc) is 3.48. The Labute approximate surface area is 207 Å². The van der Waals surface area contributed by atoms with Gasteiger partial charge in [-0.25, -0.2) is 9.97 Å². The number of allylic oxidation sites excluding steroid dienone is 1. The van der Waals surface area contributed by atoms with E-state index in [4.69, 9.17) is 4.74 Å². The van der Waals surface area contributed by atoms with E-state index in [1.54, 1.807) is 25.5 Å². The Morgan fingerprint density at radius 2 is 2.06 bits per heavy atom. The number of nitrogens with one attached hydrogen (secondary N) is 2. The van der Waals surface area contributed by atoms with E-state index in [1.807, 2.05) is 48.1 Å². The van der Waals surface area contributed by atoms with E-state index in [0.717, 1.165) is 11.1 Å².